The number of esters is 1. The lowest BCUT2D eigenvalue weighted by Gasteiger charge is -2.44. The molecule has 3 rings (SSSR count). The van der Waals surface area contributed by atoms with Gasteiger partial charge in [-0.15, -0.1) is 0 Å². The Kier molecular flexibility index (Phi) is 6.08. The lowest BCUT2D eigenvalue weighted by atomic mass is 9.78. The van der Waals surface area contributed by atoms with Gasteiger partial charge in [0.15, 0.2) is 6.61 Å². The Balaban J connectivity index is 1.64. The third kappa shape index (κ3) is 4.62. The third-order valence-corrected chi connectivity index (χ3v) is 6.76. The Morgan fingerprint density at radius 2 is 1.89 bits per heavy atom. The van der Waals surface area contributed by atoms with Gasteiger partial charge in [0.25, 0.3) is 5.91 Å². The molecule has 148 valence electrons. The van der Waals surface area contributed by atoms with Crippen molar-refractivity contribution in [1.29, 1.82) is 0 Å². The molecule has 0 spiro atoms. The van der Waals surface area contributed by atoms with E-state index in [0.717, 1.165) is 38.2 Å². The number of amides is 1. The van der Waals surface area contributed by atoms with Crippen molar-refractivity contribution in [3.63, 3.8) is 0 Å². The van der Waals surface area contributed by atoms with Crippen LogP contribution in [0.25, 0.3) is 0 Å². The number of sulfonamides is 1. The SMILES string of the molecule is NS(=O)(=O)c1cc(C(=O)OCC(=O)N2CCC[C@H]3CCCC[C@H]32)ccc1Cl. The van der Waals surface area contributed by atoms with Gasteiger partial charge in [-0.25, -0.2) is 18.4 Å². The van der Waals surface area contributed by atoms with E-state index in [9.17, 15) is 18.0 Å². The van der Waals surface area contributed by atoms with Crippen LogP contribution in [0.1, 0.15) is 48.9 Å². The van der Waals surface area contributed by atoms with E-state index in [1.54, 1.807) is 0 Å². The lowest BCUT2D eigenvalue weighted by molar-refractivity contribution is -0.140. The average molecular weight is 415 g/mol. The fourth-order valence-electron chi connectivity index (χ4n) is 4.08. The Morgan fingerprint density at radius 3 is 2.63 bits per heavy atom. The van der Waals surface area contributed by atoms with E-state index < -0.39 is 16.0 Å². The molecule has 0 aromatic heterocycles. The number of carbonyl (C=O) groups is 2. The van der Waals surface area contributed by atoms with Gasteiger partial charge in [0, 0.05) is 12.6 Å². The topological polar surface area (TPSA) is 107 Å². The summed E-state index contributed by atoms with van der Waals surface area (Å²) >= 11 is 5.81. The Hall–Kier alpha value is -1.64. The number of piperidine rings is 1. The number of nitrogens with zero attached hydrogens (tertiary/aromatic N) is 1. The molecule has 2 aliphatic rings. The molecule has 1 amide bonds. The van der Waals surface area contributed by atoms with Gasteiger partial charge in [0.1, 0.15) is 4.90 Å². The van der Waals surface area contributed by atoms with E-state index in [1.165, 1.54) is 18.6 Å². The zero-order chi connectivity index (χ0) is 19.6. The summed E-state index contributed by atoms with van der Waals surface area (Å²) in [4.78, 5) is 26.3. The number of halogens is 1. The molecule has 1 saturated heterocycles. The molecular weight excluding hydrogens is 392 g/mol. The number of hydrogen-bond acceptors (Lipinski definition) is 5. The number of rotatable bonds is 4. The van der Waals surface area contributed by atoms with Crippen LogP contribution in [0.3, 0.4) is 0 Å². The van der Waals surface area contributed by atoms with Crippen molar-refractivity contribution in [1.82, 2.24) is 4.90 Å². The highest BCUT2D eigenvalue weighted by Crippen LogP contribution is 2.35. The van der Waals surface area contributed by atoms with Crippen molar-refractivity contribution < 1.29 is 22.7 Å². The number of likely N-dealkylation sites (tertiary alicyclic amines) is 1. The molecule has 2 N–H and O–H groups in total. The van der Waals surface area contributed by atoms with E-state index in [-0.39, 0.29) is 34.0 Å². The lowest BCUT2D eigenvalue weighted by Crippen LogP contribution is -2.50. The number of ether oxygens (including phenoxy) is 1. The Morgan fingerprint density at radius 1 is 1.19 bits per heavy atom. The van der Waals surface area contributed by atoms with Crippen LogP contribution in [0, 0.1) is 5.92 Å². The first kappa shape index (κ1) is 20.1. The second kappa shape index (κ2) is 8.16. The van der Waals surface area contributed by atoms with E-state index in [0.29, 0.717) is 12.5 Å². The Labute approximate surface area is 163 Å². The van der Waals surface area contributed by atoms with Gasteiger partial charge in [-0.2, -0.15) is 0 Å². The number of hydrogen-bond donors (Lipinski definition) is 1. The zero-order valence-corrected chi connectivity index (χ0v) is 16.5. The number of nitrogens with two attached hydrogens (primary N) is 1. The van der Waals surface area contributed by atoms with Crippen LogP contribution >= 0.6 is 11.6 Å². The number of fused-ring (bicyclic) bond motifs is 1. The molecule has 1 saturated carbocycles. The van der Waals surface area contributed by atoms with Crippen molar-refractivity contribution in [2.75, 3.05) is 13.2 Å². The summed E-state index contributed by atoms with van der Waals surface area (Å²) in [6, 6.07) is 3.89. The number of benzene rings is 1. The third-order valence-electron chi connectivity index (χ3n) is 5.36. The maximum atomic E-state index is 12.6. The van der Waals surface area contributed by atoms with Crippen molar-refractivity contribution >= 4 is 33.5 Å². The van der Waals surface area contributed by atoms with Crippen LogP contribution in [-0.2, 0) is 19.6 Å². The minimum atomic E-state index is -4.07. The van der Waals surface area contributed by atoms with Crippen LogP contribution in [0.4, 0.5) is 0 Å². The van der Waals surface area contributed by atoms with E-state index in [4.69, 9.17) is 21.5 Å². The molecule has 0 radical (unpaired) electrons. The standard InChI is InChI=1S/C18H23ClN2O5S/c19-14-8-7-13(10-16(14)27(20,24)25)18(23)26-11-17(22)21-9-3-5-12-4-1-2-6-15(12)21/h7-8,10,12,15H,1-6,9,11H2,(H2,20,24,25)/t12-,15-/m1/s1. The van der Waals surface area contributed by atoms with Crippen LogP contribution in [-0.4, -0.2) is 44.4 Å². The largest absolute Gasteiger partial charge is 0.452 e. The molecular formula is C18H23ClN2O5S. The fraction of sp³-hybridized carbons (Fsp3) is 0.556. The minimum absolute atomic E-state index is 0.0228. The highest BCUT2D eigenvalue weighted by Gasteiger charge is 2.35. The second-order valence-electron chi connectivity index (χ2n) is 7.11. The molecule has 2 atom stereocenters. The molecule has 0 bridgehead atoms. The fourth-order valence-corrected chi connectivity index (χ4v) is 5.15. The van der Waals surface area contributed by atoms with Crippen LogP contribution in [0.2, 0.25) is 5.02 Å². The van der Waals surface area contributed by atoms with Gasteiger partial charge in [-0.1, -0.05) is 24.4 Å². The molecule has 1 aromatic carbocycles. The van der Waals surface area contributed by atoms with Crippen LogP contribution in [0.15, 0.2) is 23.1 Å². The van der Waals surface area contributed by atoms with Gasteiger partial charge >= 0.3 is 5.97 Å². The van der Waals surface area contributed by atoms with Crippen molar-refractivity contribution in [2.24, 2.45) is 11.1 Å². The average Bonchev–Trinajstić information content (AvgIpc) is 2.64. The van der Waals surface area contributed by atoms with Crippen molar-refractivity contribution in [3.05, 3.63) is 28.8 Å². The monoisotopic (exact) mass is 414 g/mol. The first-order chi connectivity index (χ1) is 12.8. The van der Waals surface area contributed by atoms with Gasteiger partial charge in [0.2, 0.25) is 10.0 Å². The van der Waals surface area contributed by atoms with Gasteiger partial charge < -0.3 is 9.64 Å². The molecule has 1 heterocycles. The van der Waals surface area contributed by atoms with Crippen LogP contribution < -0.4 is 5.14 Å². The van der Waals surface area contributed by atoms with Gasteiger partial charge in [0.05, 0.1) is 10.6 Å². The summed E-state index contributed by atoms with van der Waals surface area (Å²) in [5, 5.41) is 5.00. The summed E-state index contributed by atoms with van der Waals surface area (Å²) in [6.07, 6.45) is 6.59. The smallest absolute Gasteiger partial charge is 0.338 e. The molecule has 1 aliphatic carbocycles. The normalized spacial score (nSPS) is 22.8. The maximum absolute atomic E-state index is 12.6. The van der Waals surface area contributed by atoms with E-state index in [2.05, 4.69) is 0 Å². The minimum Gasteiger partial charge on any atom is -0.452 e. The first-order valence-electron chi connectivity index (χ1n) is 9.06. The molecule has 7 nitrogen and oxygen atoms in total. The predicted octanol–water partition coefficient (Wildman–Crippen LogP) is 2.33. The number of carbonyl (C=O) groups excluding carboxylic acids is 2. The molecule has 1 aromatic rings. The van der Waals surface area contributed by atoms with Crippen molar-refractivity contribution in [2.45, 2.75) is 49.5 Å². The molecule has 1 aliphatic heterocycles. The predicted molar refractivity (Wildman–Crippen MR) is 99.8 cm³/mol. The quantitative estimate of drug-likeness (QED) is 0.761. The summed E-state index contributed by atoms with van der Waals surface area (Å²) in [5.74, 6) is -0.455. The molecule has 2 fully saturated rings. The molecule has 9 heteroatoms. The summed E-state index contributed by atoms with van der Waals surface area (Å²) < 4.78 is 28.2. The number of primary sulfonamides is 1. The van der Waals surface area contributed by atoms with E-state index >= 15 is 0 Å². The first-order valence-corrected chi connectivity index (χ1v) is 11.0. The maximum Gasteiger partial charge on any atom is 0.338 e. The second-order valence-corrected chi connectivity index (χ2v) is 9.04. The molecule has 0 unspecified atom stereocenters. The Bertz CT molecular complexity index is 840. The van der Waals surface area contributed by atoms with Crippen LogP contribution in [0.5, 0.6) is 0 Å². The van der Waals surface area contributed by atoms with E-state index in [1.807, 2.05) is 4.90 Å². The summed E-state index contributed by atoms with van der Waals surface area (Å²) in [6.45, 7) is 0.323. The van der Waals surface area contributed by atoms with Crippen molar-refractivity contribution in [3.8, 4) is 0 Å². The molecule has 27 heavy (non-hydrogen) atoms. The zero-order valence-electron chi connectivity index (χ0n) is 14.9. The van der Waals surface area contributed by atoms with Gasteiger partial charge in [-0.05, 0) is 49.8 Å². The summed E-state index contributed by atoms with van der Waals surface area (Å²) in [7, 11) is -4.07. The summed E-state index contributed by atoms with van der Waals surface area (Å²) in [5.41, 5.74) is -0.0228. The van der Waals surface area contributed by atoms with Gasteiger partial charge in [-0.3, -0.25) is 4.79 Å². The highest BCUT2D eigenvalue weighted by molar-refractivity contribution is 7.89. The highest BCUT2D eigenvalue weighted by atomic mass is 35.5.